The number of rotatable bonds is 3. The van der Waals surface area contributed by atoms with E-state index in [0.717, 1.165) is 20.9 Å². The summed E-state index contributed by atoms with van der Waals surface area (Å²) >= 11 is 1.30. The van der Waals surface area contributed by atoms with E-state index in [1.165, 1.54) is 11.3 Å². The van der Waals surface area contributed by atoms with Crippen molar-refractivity contribution < 1.29 is 14.3 Å². The Morgan fingerprint density at radius 3 is 2.60 bits per heavy atom. The maximum absolute atomic E-state index is 11.4. The summed E-state index contributed by atoms with van der Waals surface area (Å²) in [5.74, 6) is 0.917. The second kappa shape index (κ2) is 4.64. The Labute approximate surface area is 118 Å². The van der Waals surface area contributed by atoms with E-state index in [-0.39, 0.29) is 0 Å². The lowest BCUT2D eigenvalue weighted by Gasteiger charge is -2.11. The third-order valence-electron chi connectivity index (χ3n) is 3.14. The third-order valence-corrected chi connectivity index (χ3v) is 4.29. The Morgan fingerprint density at radius 1 is 1.20 bits per heavy atom. The Morgan fingerprint density at radius 2 is 1.95 bits per heavy atom. The van der Waals surface area contributed by atoms with Crippen molar-refractivity contribution in [2.45, 2.75) is 0 Å². The zero-order valence-electron chi connectivity index (χ0n) is 11.0. The van der Waals surface area contributed by atoms with Crippen LogP contribution in [-0.2, 0) is 0 Å². The van der Waals surface area contributed by atoms with Gasteiger partial charge in [0, 0.05) is 28.6 Å². The summed E-state index contributed by atoms with van der Waals surface area (Å²) in [6, 6.07) is 3.59. The smallest absolute Gasteiger partial charge is 0.258 e. The number of carbonyl (C=O) groups excluding carboxylic acids is 1. The van der Waals surface area contributed by atoms with Crippen LogP contribution in [0.3, 0.4) is 0 Å². The lowest BCUT2D eigenvalue weighted by molar-refractivity contribution is 0.100. The molecule has 3 aromatic rings. The molecule has 20 heavy (non-hydrogen) atoms. The summed E-state index contributed by atoms with van der Waals surface area (Å²) in [4.78, 5) is 16.0. The highest BCUT2D eigenvalue weighted by Gasteiger charge is 2.19. The molecule has 0 spiro atoms. The molecule has 2 N–H and O–H groups in total. The molecule has 0 aliphatic carbocycles. The molecular formula is C14H12N2O3S. The minimum atomic E-state index is -0.461. The zero-order chi connectivity index (χ0) is 14.3. The van der Waals surface area contributed by atoms with Gasteiger partial charge < -0.3 is 15.2 Å². The number of amides is 1. The first-order chi connectivity index (χ1) is 9.67. The lowest BCUT2D eigenvalue weighted by atomic mass is 10.1. The molecule has 0 atom stereocenters. The van der Waals surface area contributed by atoms with Gasteiger partial charge in [-0.1, -0.05) is 0 Å². The fourth-order valence-corrected chi connectivity index (χ4v) is 3.36. The SMILES string of the molecule is COc1c2cnccc2c(OC)c2sc(C(N)=O)cc12. The van der Waals surface area contributed by atoms with Gasteiger partial charge in [-0.2, -0.15) is 0 Å². The zero-order valence-corrected chi connectivity index (χ0v) is 11.8. The van der Waals surface area contributed by atoms with Crippen LogP contribution in [-0.4, -0.2) is 25.1 Å². The van der Waals surface area contributed by atoms with E-state index < -0.39 is 5.91 Å². The molecule has 0 aliphatic rings. The maximum Gasteiger partial charge on any atom is 0.258 e. The molecule has 1 amide bonds. The number of hydrogen-bond donors (Lipinski definition) is 1. The van der Waals surface area contributed by atoms with E-state index >= 15 is 0 Å². The van der Waals surface area contributed by atoms with Crippen LogP contribution < -0.4 is 15.2 Å². The average Bonchev–Trinajstić information content (AvgIpc) is 2.89. The van der Waals surface area contributed by atoms with Crippen LogP contribution in [0.25, 0.3) is 20.9 Å². The van der Waals surface area contributed by atoms with Crippen molar-refractivity contribution in [3.05, 3.63) is 29.4 Å². The maximum atomic E-state index is 11.4. The van der Waals surface area contributed by atoms with Gasteiger partial charge in [-0.25, -0.2) is 0 Å². The molecule has 0 saturated heterocycles. The number of nitrogens with zero attached hydrogens (tertiary/aromatic N) is 1. The van der Waals surface area contributed by atoms with Crippen molar-refractivity contribution in [3.8, 4) is 11.5 Å². The molecule has 6 heteroatoms. The summed E-state index contributed by atoms with van der Waals surface area (Å²) in [6.45, 7) is 0. The van der Waals surface area contributed by atoms with Gasteiger partial charge >= 0.3 is 0 Å². The Balaban J connectivity index is 2.54. The quantitative estimate of drug-likeness (QED) is 0.803. The van der Waals surface area contributed by atoms with E-state index in [9.17, 15) is 4.79 Å². The topological polar surface area (TPSA) is 74.4 Å². The van der Waals surface area contributed by atoms with Crippen LogP contribution in [0.4, 0.5) is 0 Å². The van der Waals surface area contributed by atoms with Gasteiger partial charge in [-0.3, -0.25) is 9.78 Å². The molecule has 0 bridgehead atoms. The molecule has 1 aromatic carbocycles. The van der Waals surface area contributed by atoms with Crippen molar-refractivity contribution in [3.63, 3.8) is 0 Å². The van der Waals surface area contributed by atoms with Crippen LogP contribution in [0.1, 0.15) is 9.67 Å². The fraction of sp³-hybridized carbons (Fsp3) is 0.143. The second-order valence-corrected chi connectivity index (χ2v) is 5.26. The van der Waals surface area contributed by atoms with Gasteiger partial charge in [0.1, 0.15) is 11.5 Å². The first kappa shape index (κ1) is 12.7. The number of carbonyl (C=O) groups is 1. The highest BCUT2D eigenvalue weighted by atomic mass is 32.1. The predicted octanol–water partition coefficient (Wildman–Crippen LogP) is 2.57. The Hall–Kier alpha value is -2.34. The Bertz CT molecular complexity index is 766. The number of hydrogen-bond acceptors (Lipinski definition) is 5. The van der Waals surface area contributed by atoms with Gasteiger partial charge in [0.05, 0.1) is 23.8 Å². The van der Waals surface area contributed by atoms with Gasteiger partial charge in [0.15, 0.2) is 0 Å². The number of thiophene rings is 1. The van der Waals surface area contributed by atoms with Crippen LogP contribution in [0.15, 0.2) is 24.5 Å². The summed E-state index contributed by atoms with van der Waals surface area (Å²) in [5.41, 5.74) is 5.36. The van der Waals surface area contributed by atoms with Crippen molar-refractivity contribution in [1.82, 2.24) is 4.98 Å². The third kappa shape index (κ3) is 1.69. The number of primary amides is 1. The molecule has 2 aromatic heterocycles. The molecule has 102 valence electrons. The van der Waals surface area contributed by atoms with Crippen LogP contribution in [0, 0.1) is 0 Å². The largest absolute Gasteiger partial charge is 0.495 e. The van der Waals surface area contributed by atoms with Crippen molar-refractivity contribution in [1.29, 1.82) is 0 Å². The number of pyridine rings is 1. The number of aromatic nitrogens is 1. The van der Waals surface area contributed by atoms with E-state index in [1.54, 1.807) is 32.7 Å². The van der Waals surface area contributed by atoms with Crippen LogP contribution in [0.5, 0.6) is 11.5 Å². The van der Waals surface area contributed by atoms with Gasteiger partial charge in [-0.15, -0.1) is 11.3 Å². The molecule has 0 unspecified atom stereocenters. The first-order valence-electron chi connectivity index (χ1n) is 5.88. The molecule has 5 nitrogen and oxygen atoms in total. The van der Waals surface area contributed by atoms with E-state index in [0.29, 0.717) is 16.4 Å². The summed E-state index contributed by atoms with van der Waals surface area (Å²) in [5, 5.41) is 2.54. The highest BCUT2D eigenvalue weighted by Crippen LogP contribution is 2.45. The number of ether oxygens (including phenoxy) is 2. The van der Waals surface area contributed by atoms with E-state index in [4.69, 9.17) is 15.2 Å². The van der Waals surface area contributed by atoms with Gasteiger partial charge in [0.25, 0.3) is 5.91 Å². The van der Waals surface area contributed by atoms with Crippen molar-refractivity contribution >= 4 is 38.1 Å². The second-order valence-electron chi connectivity index (χ2n) is 4.21. The normalized spacial score (nSPS) is 10.9. The number of methoxy groups -OCH3 is 2. The lowest BCUT2D eigenvalue weighted by Crippen LogP contribution is -2.08. The minimum absolute atomic E-state index is 0.461. The first-order valence-corrected chi connectivity index (χ1v) is 6.70. The van der Waals surface area contributed by atoms with Crippen molar-refractivity contribution in [2.75, 3.05) is 14.2 Å². The number of fused-ring (bicyclic) bond motifs is 2. The van der Waals surface area contributed by atoms with Crippen LogP contribution >= 0.6 is 11.3 Å². The molecule has 2 heterocycles. The van der Waals surface area contributed by atoms with Gasteiger partial charge in [0.2, 0.25) is 0 Å². The molecule has 0 radical (unpaired) electrons. The molecule has 3 rings (SSSR count). The number of benzene rings is 1. The molecule has 0 fully saturated rings. The summed E-state index contributed by atoms with van der Waals surface area (Å²) in [7, 11) is 3.19. The summed E-state index contributed by atoms with van der Waals surface area (Å²) < 4.78 is 11.8. The van der Waals surface area contributed by atoms with E-state index in [1.807, 2.05) is 6.07 Å². The molecule has 0 aliphatic heterocycles. The molecule has 0 saturated carbocycles. The van der Waals surface area contributed by atoms with E-state index in [2.05, 4.69) is 4.98 Å². The van der Waals surface area contributed by atoms with Crippen LogP contribution in [0.2, 0.25) is 0 Å². The van der Waals surface area contributed by atoms with Crippen molar-refractivity contribution in [2.24, 2.45) is 5.73 Å². The fourth-order valence-electron chi connectivity index (χ4n) is 2.31. The van der Waals surface area contributed by atoms with Gasteiger partial charge in [-0.05, 0) is 12.1 Å². The summed E-state index contributed by atoms with van der Waals surface area (Å²) in [6.07, 6.45) is 3.41. The minimum Gasteiger partial charge on any atom is -0.495 e. The predicted molar refractivity (Wildman–Crippen MR) is 78.7 cm³/mol. The standard InChI is InChI=1S/C14H12N2O3S/c1-18-11-8-5-10(14(15)17)20-13(8)12(19-2)7-3-4-16-6-9(7)11/h3-6H,1-2H3,(H2,15,17). The highest BCUT2D eigenvalue weighted by molar-refractivity contribution is 7.21. The Kier molecular flexibility index (Phi) is 2.94. The number of nitrogens with two attached hydrogens (primary N) is 1. The average molecular weight is 288 g/mol. The monoisotopic (exact) mass is 288 g/mol. The molecular weight excluding hydrogens is 276 g/mol.